The fraction of sp³-hybridized carbons (Fsp3) is 0.240. The molecule has 0 bridgehead atoms. The molecule has 1 atom stereocenters. The number of rotatable bonds is 7. The number of benzene rings is 2. The summed E-state index contributed by atoms with van der Waals surface area (Å²) in [5.74, 6) is -0.111. The van der Waals surface area contributed by atoms with E-state index in [1.165, 1.54) is 30.2 Å². The molecule has 3 aromatic rings. The van der Waals surface area contributed by atoms with Crippen molar-refractivity contribution in [2.24, 2.45) is 0 Å². The van der Waals surface area contributed by atoms with Gasteiger partial charge in [-0.3, -0.25) is 9.69 Å². The first kappa shape index (κ1) is 25.3. The molecular formula is C25H26N4O3S3. The van der Waals surface area contributed by atoms with Crippen LogP contribution in [-0.4, -0.2) is 57.8 Å². The minimum absolute atomic E-state index is 0.0195. The molecular weight excluding hydrogens is 501 g/mol. The molecule has 0 aliphatic carbocycles. The average molecular weight is 527 g/mol. The van der Waals surface area contributed by atoms with Gasteiger partial charge in [0.15, 0.2) is 0 Å². The van der Waals surface area contributed by atoms with E-state index in [1.807, 2.05) is 56.5 Å². The highest BCUT2D eigenvalue weighted by atomic mass is 32.2. The summed E-state index contributed by atoms with van der Waals surface area (Å²) in [5, 5.41) is 4.78. The number of hydrogen-bond acceptors (Lipinski definition) is 6. The summed E-state index contributed by atoms with van der Waals surface area (Å²) in [6, 6.07) is 16.3. The third-order valence-corrected chi connectivity index (χ3v) is 8.97. The van der Waals surface area contributed by atoms with Gasteiger partial charge in [-0.25, -0.2) is 17.4 Å². The highest BCUT2D eigenvalue weighted by Crippen LogP contribution is 2.36. The zero-order chi connectivity index (χ0) is 25.3. The van der Waals surface area contributed by atoms with Gasteiger partial charge in [0.05, 0.1) is 21.2 Å². The number of amides is 1. The van der Waals surface area contributed by atoms with E-state index >= 15 is 0 Å². The second-order valence-corrected chi connectivity index (χ2v) is 12.2. The van der Waals surface area contributed by atoms with Crippen LogP contribution >= 0.6 is 24.0 Å². The predicted molar refractivity (Wildman–Crippen MR) is 145 cm³/mol. The van der Waals surface area contributed by atoms with Crippen LogP contribution in [-0.2, 0) is 14.8 Å². The Balaban J connectivity index is 1.80. The van der Waals surface area contributed by atoms with E-state index in [2.05, 4.69) is 0 Å². The topological polar surface area (TPSA) is 75.5 Å². The van der Waals surface area contributed by atoms with Gasteiger partial charge in [0, 0.05) is 37.5 Å². The SMILES string of the molecule is CCC(C)N1C(=O)/C(=C/c2cn(-c3ccccc3)nc2-c2ccc(S(=O)(=O)N(C)C)cc2)SC1=S. The summed E-state index contributed by atoms with van der Waals surface area (Å²) in [6.07, 6.45) is 4.48. The standard InChI is InChI=1S/C25H26N4O3S3/c1-5-17(2)29-24(30)22(34-25(29)33)15-19-16-28(20-9-7-6-8-10-20)26-23(19)18-11-13-21(14-12-18)35(31,32)27(3)4/h6-17H,5H2,1-4H3/b22-15-. The molecule has 1 unspecified atom stereocenters. The van der Waals surface area contributed by atoms with Crippen molar-refractivity contribution in [3.8, 4) is 16.9 Å². The Morgan fingerprint density at radius 1 is 1.11 bits per heavy atom. The molecule has 2 aromatic carbocycles. The smallest absolute Gasteiger partial charge is 0.266 e. The average Bonchev–Trinajstić information content (AvgIpc) is 3.39. The summed E-state index contributed by atoms with van der Waals surface area (Å²) in [5.41, 5.74) is 2.98. The number of nitrogens with zero attached hydrogens (tertiary/aromatic N) is 4. The molecule has 7 nitrogen and oxygen atoms in total. The maximum atomic E-state index is 13.1. The molecule has 0 saturated carbocycles. The lowest BCUT2D eigenvalue weighted by atomic mass is 10.1. The van der Waals surface area contributed by atoms with Crippen LogP contribution in [0.4, 0.5) is 0 Å². The Hall–Kier alpha value is -2.79. The molecule has 1 saturated heterocycles. The molecule has 1 fully saturated rings. The van der Waals surface area contributed by atoms with Crippen molar-refractivity contribution in [2.75, 3.05) is 14.1 Å². The normalized spacial score (nSPS) is 16.5. The maximum Gasteiger partial charge on any atom is 0.266 e. The van der Waals surface area contributed by atoms with Gasteiger partial charge >= 0.3 is 0 Å². The lowest BCUT2D eigenvalue weighted by Gasteiger charge is -2.21. The molecule has 182 valence electrons. The fourth-order valence-electron chi connectivity index (χ4n) is 3.61. The van der Waals surface area contributed by atoms with Gasteiger partial charge in [0.1, 0.15) is 4.32 Å². The van der Waals surface area contributed by atoms with Crippen LogP contribution in [0.1, 0.15) is 25.8 Å². The van der Waals surface area contributed by atoms with Crippen molar-refractivity contribution in [3.05, 3.63) is 71.3 Å². The van der Waals surface area contributed by atoms with Crippen LogP contribution in [0.15, 0.2) is 70.6 Å². The highest BCUT2D eigenvalue weighted by Gasteiger charge is 2.35. The van der Waals surface area contributed by atoms with Gasteiger partial charge in [-0.2, -0.15) is 5.10 Å². The molecule has 2 heterocycles. The van der Waals surface area contributed by atoms with Crippen LogP contribution in [0.2, 0.25) is 0 Å². The van der Waals surface area contributed by atoms with Gasteiger partial charge in [0.2, 0.25) is 10.0 Å². The Morgan fingerprint density at radius 2 is 1.77 bits per heavy atom. The van der Waals surface area contributed by atoms with E-state index in [4.69, 9.17) is 17.3 Å². The number of thioether (sulfide) groups is 1. The van der Waals surface area contributed by atoms with E-state index in [0.29, 0.717) is 14.9 Å². The van der Waals surface area contributed by atoms with Gasteiger partial charge < -0.3 is 0 Å². The number of thiocarbonyl (C=S) groups is 1. The number of sulfonamides is 1. The van der Waals surface area contributed by atoms with Crippen LogP contribution in [0.5, 0.6) is 0 Å². The first-order chi connectivity index (χ1) is 16.6. The number of hydrogen-bond donors (Lipinski definition) is 0. The summed E-state index contributed by atoms with van der Waals surface area (Å²) >= 11 is 6.76. The lowest BCUT2D eigenvalue weighted by Crippen LogP contribution is -2.36. The molecule has 0 N–H and O–H groups in total. The Bertz CT molecular complexity index is 1400. The van der Waals surface area contributed by atoms with Crippen LogP contribution in [0.3, 0.4) is 0 Å². The summed E-state index contributed by atoms with van der Waals surface area (Å²) < 4.78 is 28.4. The van der Waals surface area contributed by atoms with Crippen LogP contribution < -0.4 is 0 Å². The molecule has 1 aromatic heterocycles. The minimum atomic E-state index is -3.54. The zero-order valence-corrected chi connectivity index (χ0v) is 22.3. The molecule has 35 heavy (non-hydrogen) atoms. The first-order valence-corrected chi connectivity index (χ1v) is 13.7. The van der Waals surface area contributed by atoms with Crippen molar-refractivity contribution in [1.29, 1.82) is 0 Å². The van der Waals surface area contributed by atoms with E-state index in [0.717, 1.165) is 23.2 Å². The Morgan fingerprint density at radius 3 is 2.37 bits per heavy atom. The Kier molecular flexibility index (Phi) is 7.27. The van der Waals surface area contributed by atoms with Gasteiger partial charge in [-0.05, 0) is 43.7 Å². The molecule has 10 heteroatoms. The monoisotopic (exact) mass is 526 g/mol. The number of carbonyl (C=O) groups is 1. The van der Waals surface area contributed by atoms with E-state index in [1.54, 1.807) is 33.8 Å². The van der Waals surface area contributed by atoms with Crippen molar-refractivity contribution in [3.63, 3.8) is 0 Å². The first-order valence-electron chi connectivity index (χ1n) is 11.1. The third-order valence-electron chi connectivity index (χ3n) is 5.81. The van der Waals surface area contributed by atoms with Gasteiger partial charge in [-0.15, -0.1) is 0 Å². The van der Waals surface area contributed by atoms with Crippen LogP contribution in [0.25, 0.3) is 23.0 Å². The Labute approximate surface area is 215 Å². The highest BCUT2D eigenvalue weighted by molar-refractivity contribution is 8.26. The second kappa shape index (κ2) is 10.1. The van der Waals surface area contributed by atoms with Crippen molar-refractivity contribution < 1.29 is 13.2 Å². The number of para-hydroxylation sites is 1. The molecule has 1 amide bonds. The van der Waals surface area contributed by atoms with Crippen LogP contribution in [0, 0.1) is 0 Å². The molecule has 0 radical (unpaired) electrons. The fourth-order valence-corrected chi connectivity index (χ4v) is 5.96. The number of carbonyl (C=O) groups excluding carboxylic acids is 1. The number of aromatic nitrogens is 2. The maximum absolute atomic E-state index is 13.1. The van der Waals surface area contributed by atoms with Crippen molar-refractivity contribution in [2.45, 2.75) is 31.2 Å². The molecule has 1 aliphatic rings. The van der Waals surface area contributed by atoms with Crippen molar-refractivity contribution in [1.82, 2.24) is 19.0 Å². The summed E-state index contributed by atoms with van der Waals surface area (Å²) in [7, 11) is -0.548. The second-order valence-electron chi connectivity index (χ2n) is 8.33. The lowest BCUT2D eigenvalue weighted by molar-refractivity contribution is -0.123. The predicted octanol–water partition coefficient (Wildman–Crippen LogP) is 4.79. The molecule has 0 spiro atoms. The third kappa shape index (κ3) is 4.97. The summed E-state index contributed by atoms with van der Waals surface area (Å²) in [4.78, 5) is 15.5. The van der Waals surface area contributed by atoms with Gasteiger partial charge in [-0.1, -0.05) is 61.2 Å². The van der Waals surface area contributed by atoms with E-state index < -0.39 is 10.0 Å². The minimum Gasteiger partial charge on any atom is -0.290 e. The molecule has 4 rings (SSSR count). The molecule has 1 aliphatic heterocycles. The van der Waals surface area contributed by atoms with E-state index in [-0.39, 0.29) is 16.8 Å². The van der Waals surface area contributed by atoms with Crippen molar-refractivity contribution >= 4 is 50.3 Å². The van der Waals surface area contributed by atoms with Gasteiger partial charge in [0.25, 0.3) is 5.91 Å². The summed E-state index contributed by atoms with van der Waals surface area (Å²) in [6.45, 7) is 4.00. The quantitative estimate of drug-likeness (QED) is 0.326. The largest absolute Gasteiger partial charge is 0.290 e. The van der Waals surface area contributed by atoms with E-state index in [9.17, 15) is 13.2 Å². The zero-order valence-electron chi connectivity index (χ0n) is 19.9.